The van der Waals surface area contributed by atoms with Gasteiger partial charge in [0.25, 0.3) is 0 Å². The highest BCUT2D eigenvalue weighted by Crippen LogP contribution is 2.15. The highest BCUT2D eigenvalue weighted by molar-refractivity contribution is 5.66. The zero-order chi connectivity index (χ0) is 19.6. The Labute approximate surface area is 166 Å². The van der Waals surface area contributed by atoms with Crippen LogP contribution in [0.2, 0.25) is 0 Å². The number of rotatable bonds is 10. The number of nitrogens with zero attached hydrogens (tertiary/aromatic N) is 3. The summed E-state index contributed by atoms with van der Waals surface area (Å²) in [4.78, 5) is 19.7. The van der Waals surface area contributed by atoms with Crippen LogP contribution in [0.15, 0.2) is 48.7 Å². The fraction of sp³-hybridized carbons (Fsp3) is 0.455. The lowest BCUT2D eigenvalue weighted by Gasteiger charge is -2.35. The van der Waals surface area contributed by atoms with Gasteiger partial charge in [0.15, 0.2) is 0 Å². The number of pyridine rings is 1. The first-order valence-corrected chi connectivity index (χ1v) is 10.0. The summed E-state index contributed by atoms with van der Waals surface area (Å²) in [6, 6.07) is 14.2. The van der Waals surface area contributed by atoms with Gasteiger partial charge in [0.05, 0.1) is 0 Å². The quantitative estimate of drug-likeness (QED) is 0.636. The smallest absolute Gasteiger partial charge is 0.303 e. The SMILES string of the molecule is O=C(O)CCCCc1ccc(OCCN2CCN(c3ccccn3)CC2)cc1. The molecule has 6 nitrogen and oxygen atoms in total. The maximum absolute atomic E-state index is 10.5. The summed E-state index contributed by atoms with van der Waals surface area (Å²) in [7, 11) is 0. The van der Waals surface area contributed by atoms with Gasteiger partial charge in [-0.3, -0.25) is 9.69 Å². The van der Waals surface area contributed by atoms with Crippen molar-refractivity contribution in [3.63, 3.8) is 0 Å². The lowest BCUT2D eigenvalue weighted by atomic mass is 10.1. The predicted molar refractivity (Wildman–Crippen MR) is 110 cm³/mol. The molecule has 0 unspecified atom stereocenters. The predicted octanol–water partition coefficient (Wildman–Crippen LogP) is 3.08. The van der Waals surface area contributed by atoms with Gasteiger partial charge < -0.3 is 14.7 Å². The number of aryl methyl sites for hydroxylation is 1. The first kappa shape index (κ1) is 20.1. The van der Waals surface area contributed by atoms with Crippen LogP contribution in [0.3, 0.4) is 0 Å². The third kappa shape index (κ3) is 6.53. The Hall–Kier alpha value is -2.60. The van der Waals surface area contributed by atoms with Crippen molar-refractivity contribution in [2.24, 2.45) is 0 Å². The topological polar surface area (TPSA) is 65.9 Å². The summed E-state index contributed by atoms with van der Waals surface area (Å²) in [6.45, 7) is 5.64. The van der Waals surface area contributed by atoms with E-state index >= 15 is 0 Å². The summed E-state index contributed by atoms with van der Waals surface area (Å²) < 4.78 is 5.89. The zero-order valence-corrected chi connectivity index (χ0v) is 16.3. The van der Waals surface area contributed by atoms with Crippen molar-refractivity contribution in [2.45, 2.75) is 25.7 Å². The van der Waals surface area contributed by atoms with Crippen LogP contribution in [0.25, 0.3) is 0 Å². The standard InChI is InChI=1S/C22H29N3O3/c26-22(27)7-2-1-5-19-8-10-20(11-9-19)28-18-17-24-13-15-25(16-14-24)21-6-3-4-12-23-21/h3-4,6,8-12H,1-2,5,7,13-18H2,(H,26,27). The van der Waals surface area contributed by atoms with Gasteiger partial charge in [0.2, 0.25) is 0 Å². The summed E-state index contributed by atoms with van der Waals surface area (Å²) in [6.07, 6.45) is 4.63. The molecule has 1 aliphatic heterocycles. The van der Waals surface area contributed by atoms with Crippen molar-refractivity contribution in [3.05, 3.63) is 54.2 Å². The van der Waals surface area contributed by atoms with Gasteiger partial charge in [-0.25, -0.2) is 4.98 Å². The van der Waals surface area contributed by atoms with Gasteiger partial charge in [0.1, 0.15) is 18.2 Å². The summed E-state index contributed by atoms with van der Waals surface area (Å²) >= 11 is 0. The van der Waals surface area contributed by atoms with Crippen molar-refractivity contribution >= 4 is 11.8 Å². The second kappa shape index (κ2) is 10.7. The molecular formula is C22H29N3O3. The van der Waals surface area contributed by atoms with Crippen LogP contribution in [-0.4, -0.2) is 60.3 Å². The number of hydrogen-bond donors (Lipinski definition) is 1. The van der Waals surface area contributed by atoms with Gasteiger partial charge in [0, 0.05) is 45.3 Å². The average Bonchev–Trinajstić information content (AvgIpc) is 2.73. The van der Waals surface area contributed by atoms with Gasteiger partial charge in [-0.1, -0.05) is 18.2 Å². The Morgan fingerprint density at radius 2 is 1.82 bits per heavy atom. The third-order valence-corrected chi connectivity index (χ3v) is 5.05. The molecule has 0 spiro atoms. The number of benzene rings is 1. The monoisotopic (exact) mass is 383 g/mol. The number of carboxylic acid groups (broad SMARTS) is 1. The normalized spacial score (nSPS) is 14.8. The molecule has 1 saturated heterocycles. The van der Waals surface area contributed by atoms with E-state index in [0.717, 1.165) is 63.6 Å². The van der Waals surface area contributed by atoms with Crippen LogP contribution in [0, 0.1) is 0 Å². The largest absolute Gasteiger partial charge is 0.492 e. The first-order chi connectivity index (χ1) is 13.7. The number of carbonyl (C=O) groups is 1. The summed E-state index contributed by atoms with van der Waals surface area (Å²) in [5, 5.41) is 8.66. The van der Waals surface area contributed by atoms with E-state index in [1.54, 1.807) is 0 Å². The van der Waals surface area contributed by atoms with Crippen LogP contribution in [0.5, 0.6) is 5.75 Å². The maximum atomic E-state index is 10.5. The van der Waals surface area contributed by atoms with Crippen molar-refractivity contribution in [3.8, 4) is 5.75 Å². The fourth-order valence-corrected chi connectivity index (χ4v) is 3.39. The van der Waals surface area contributed by atoms with Crippen LogP contribution < -0.4 is 9.64 Å². The van der Waals surface area contributed by atoms with Crippen LogP contribution in [0.1, 0.15) is 24.8 Å². The number of carboxylic acids is 1. The average molecular weight is 383 g/mol. The molecule has 1 aromatic heterocycles. The van der Waals surface area contributed by atoms with Crippen molar-refractivity contribution in [1.29, 1.82) is 0 Å². The molecule has 0 saturated carbocycles. The second-order valence-corrected chi connectivity index (χ2v) is 7.11. The fourth-order valence-electron chi connectivity index (χ4n) is 3.39. The van der Waals surface area contributed by atoms with Gasteiger partial charge in [-0.05, 0) is 49.1 Å². The van der Waals surface area contributed by atoms with E-state index in [0.29, 0.717) is 6.61 Å². The molecule has 0 aliphatic carbocycles. The molecule has 1 aromatic carbocycles. The molecule has 2 aromatic rings. The molecule has 28 heavy (non-hydrogen) atoms. The Bertz CT molecular complexity index is 714. The molecule has 2 heterocycles. The van der Waals surface area contributed by atoms with E-state index in [4.69, 9.17) is 9.84 Å². The molecular weight excluding hydrogens is 354 g/mol. The van der Waals surface area contributed by atoms with E-state index in [1.807, 2.05) is 30.5 Å². The van der Waals surface area contributed by atoms with E-state index < -0.39 is 5.97 Å². The molecule has 3 rings (SSSR count). The molecule has 6 heteroatoms. The van der Waals surface area contributed by atoms with Crippen molar-refractivity contribution < 1.29 is 14.6 Å². The minimum absolute atomic E-state index is 0.247. The van der Waals surface area contributed by atoms with Crippen LogP contribution in [0.4, 0.5) is 5.82 Å². The highest BCUT2D eigenvalue weighted by atomic mass is 16.5. The second-order valence-electron chi connectivity index (χ2n) is 7.11. The molecule has 0 bridgehead atoms. The Kier molecular flexibility index (Phi) is 7.67. The molecule has 1 N–H and O–H groups in total. The van der Waals surface area contributed by atoms with Gasteiger partial charge in [-0.15, -0.1) is 0 Å². The van der Waals surface area contributed by atoms with Crippen LogP contribution in [-0.2, 0) is 11.2 Å². The van der Waals surface area contributed by atoms with E-state index in [9.17, 15) is 4.79 Å². The number of ether oxygens (including phenoxy) is 1. The molecule has 1 fully saturated rings. The van der Waals surface area contributed by atoms with E-state index in [1.165, 1.54) is 5.56 Å². The lowest BCUT2D eigenvalue weighted by molar-refractivity contribution is -0.137. The molecule has 150 valence electrons. The lowest BCUT2D eigenvalue weighted by Crippen LogP contribution is -2.47. The number of aromatic nitrogens is 1. The number of anilines is 1. The van der Waals surface area contributed by atoms with Gasteiger partial charge in [-0.2, -0.15) is 0 Å². The minimum Gasteiger partial charge on any atom is -0.492 e. The molecule has 0 atom stereocenters. The van der Waals surface area contributed by atoms with E-state index in [2.05, 4.69) is 33.0 Å². The molecule has 0 amide bonds. The highest BCUT2D eigenvalue weighted by Gasteiger charge is 2.17. The van der Waals surface area contributed by atoms with Crippen molar-refractivity contribution in [2.75, 3.05) is 44.2 Å². The molecule has 1 aliphatic rings. The number of aliphatic carboxylic acids is 1. The van der Waals surface area contributed by atoms with Crippen LogP contribution >= 0.6 is 0 Å². The minimum atomic E-state index is -0.720. The summed E-state index contributed by atoms with van der Waals surface area (Å²) in [5.74, 6) is 1.23. The third-order valence-electron chi connectivity index (χ3n) is 5.05. The van der Waals surface area contributed by atoms with Crippen molar-refractivity contribution in [1.82, 2.24) is 9.88 Å². The zero-order valence-electron chi connectivity index (χ0n) is 16.3. The Balaban J connectivity index is 1.31. The Morgan fingerprint density at radius 1 is 1.04 bits per heavy atom. The number of piperazine rings is 1. The molecule has 0 radical (unpaired) electrons. The maximum Gasteiger partial charge on any atom is 0.303 e. The summed E-state index contributed by atoms with van der Waals surface area (Å²) in [5.41, 5.74) is 1.23. The number of unbranched alkanes of at least 4 members (excludes halogenated alkanes) is 1. The van der Waals surface area contributed by atoms with Gasteiger partial charge >= 0.3 is 5.97 Å². The van der Waals surface area contributed by atoms with E-state index in [-0.39, 0.29) is 6.42 Å². The Morgan fingerprint density at radius 3 is 2.50 bits per heavy atom. The first-order valence-electron chi connectivity index (χ1n) is 10.0. The number of hydrogen-bond acceptors (Lipinski definition) is 5.